The van der Waals surface area contributed by atoms with E-state index in [-0.39, 0.29) is 24.0 Å². The van der Waals surface area contributed by atoms with Gasteiger partial charge >= 0.3 is 0 Å². The first-order valence-electron chi connectivity index (χ1n) is 7.41. The number of hydrogen-bond acceptors (Lipinski definition) is 3. The topological polar surface area (TPSA) is 72.3 Å². The van der Waals surface area contributed by atoms with Crippen LogP contribution in [0.2, 0.25) is 0 Å². The van der Waals surface area contributed by atoms with E-state index in [1.165, 1.54) is 6.42 Å². The summed E-state index contributed by atoms with van der Waals surface area (Å²) in [5, 5.41) is 0. The fourth-order valence-corrected chi connectivity index (χ4v) is 3.46. The van der Waals surface area contributed by atoms with Crippen molar-refractivity contribution in [2.75, 3.05) is 6.54 Å². The summed E-state index contributed by atoms with van der Waals surface area (Å²) in [4.78, 5) is 14.7. The molecule has 1 saturated carbocycles. The van der Waals surface area contributed by atoms with E-state index in [9.17, 15) is 4.79 Å². The quantitative estimate of drug-likeness (QED) is 0.777. The molecule has 0 aromatic carbocycles. The number of nitrogens with zero attached hydrogens (tertiary/aromatic N) is 1. The Hall–Kier alpha value is -0.610. The van der Waals surface area contributed by atoms with E-state index in [2.05, 4.69) is 4.90 Å². The molecule has 1 amide bonds. The summed E-state index contributed by atoms with van der Waals surface area (Å²) in [6.45, 7) is 2.90. The molecule has 1 saturated heterocycles. The minimum atomic E-state index is 0.0755. The largest absolute Gasteiger partial charge is 0.338 e. The number of amides is 1. The second-order valence-electron chi connectivity index (χ2n) is 6.08. The van der Waals surface area contributed by atoms with Crippen LogP contribution in [0.4, 0.5) is 0 Å². The second-order valence-corrected chi connectivity index (χ2v) is 6.08. The average molecular weight is 253 g/mol. The Kier molecular flexibility index (Phi) is 4.62. The molecular weight excluding hydrogens is 226 g/mol. The number of rotatable bonds is 2. The van der Waals surface area contributed by atoms with E-state index < -0.39 is 0 Å². The number of carbonyl (C=O) groups is 1. The average Bonchev–Trinajstić information content (AvgIpc) is 2.38. The summed E-state index contributed by atoms with van der Waals surface area (Å²) >= 11 is 0. The molecular formula is C14H27N3O. The van der Waals surface area contributed by atoms with Gasteiger partial charge in [-0.25, -0.2) is 0 Å². The summed E-state index contributed by atoms with van der Waals surface area (Å²) in [5.41, 5.74) is 12.0. The van der Waals surface area contributed by atoms with E-state index in [1.54, 1.807) is 0 Å². The maximum Gasteiger partial charge on any atom is 0.226 e. The molecule has 0 aromatic rings. The molecule has 0 aromatic heterocycles. The van der Waals surface area contributed by atoms with Gasteiger partial charge in [0.1, 0.15) is 0 Å². The molecule has 0 spiro atoms. The Morgan fingerprint density at radius 3 is 2.67 bits per heavy atom. The lowest BCUT2D eigenvalue weighted by Crippen LogP contribution is -2.54. The standard InChI is InChI=1S/C14H27N3O/c1-10(15)13-7-2-3-8-17(13)14(18)11-5-4-6-12(16)9-11/h10-13H,2-9,15-16H2,1H3/t10-,11+,12-,13-/m0/s1. The zero-order valence-corrected chi connectivity index (χ0v) is 11.5. The van der Waals surface area contributed by atoms with Gasteiger partial charge < -0.3 is 16.4 Å². The van der Waals surface area contributed by atoms with E-state index in [0.29, 0.717) is 5.91 Å². The highest BCUT2D eigenvalue weighted by molar-refractivity contribution is 5.79. The smallest absolute Gasteiger partial charge is 0.226 e. The van der Waals surface area contributed by atoms with Crippen molar-refractivity contribution in [3.05, 3.63) is 0 Å². The first-order chi connectivity index (χ1) is 8.59. The van der Waals surface area contributed by atoms with Crippen molar-refractivity contribution in [2.45, 2.75) is 70.0 Å². The van der Waals surface area contributed by atoms with Crippen LogP contribution < -0.4 is 11.5 Å². The van der Waals surface area contributed by atoms with Crippen LogP contribution in [0.5, 0.6) is 0 Å². The molecule has 2 aliphatic rings. The molecule has 4 N–H and O–H groups in total. The van der Waals surface area contributed by atoms with Gasteiger partial charge in [0.15, 0.2) is 0 Å². The van der Waals surface area contributed by atoms with Gasteiger partial charge in [0, 0.05) is 30.6 Å². The molecule has 4 heteroatoms. The third-order valence-corrected chi connectivity index (χ3v) is 4.50. The van der Waals surface area contributed by atoms with Crippen LogP contribution in [0, 0.1) is 5.92 Å². The fraction of sp³-hybridized carbons (Fsp3) is 0.929. The Morgan fingerprint density at radius 2 is 2.00 bits per heavy atom. The lowest BCUT2D eigenvalue weighted by atomic mass is 9.84. The van der Waals surface area contributed by atoms with Crippen molar-refractivity contribution < 1.29 is 4.79 Å². The summed E-state index contributed by atoms with van der Waals surface area (Å²) in [7, 11) is 0. The SMILES string of the molecule is C[C@H](N)[C@@H]1CCCCN1C(=O)[C@@H]1CCC[C@H](N)C1. The highest BCUT2D eigenvalue weighted by atomic mass is 16.2. The Balaban J connectivity index is 2.01. The first kappa shape index (κ1) is 13.8. The number of hydrogen-bond donors (Lipinski definition) is 2. The molecule has 0 bridgehead atoms. The van der Waals surface area contributed by atoms with Crippen molar-refractivity contribution in [2.24, 2.45) is 17.4 Å². The van der Waals surface area contributed by atoms with Crippen LogP contribution in [-0.4, -0.2) is 35.5 Å². The van der Waals surface area contributed by atoms with Gasteiger partial charge in [-0.2, -0.15) is 0 Å². The van der Waals surface area contributed by atoms with E-state index >= 15 is 0 Å². The van der Waals surface area contributed by atoms with E-state index in [4.69, 9.17) is 11.5 Å². The number of likely N-dealkylation sites (tertiary alicyclic amines) is 1. The third-order valence-electron chi connectivity index (χ3n) is 4.50. The molecule has 18 heavy (non-hydrogen) atoms. The van der Waals surface area contributed by atoms with Crippen molar-refractivity contribution in [3.63, 3.8) is 0 Å². The van der Waals surface area contributed by atoms with Crippen molar-refractivity contribution >= 4 is 5.91 Å². The fourth-order valence-electron chi connectivity index (χ4n) is 3.46. The van der Waals surface area contributed by atoms with Gasteiger partial charge in [-0.05, 0) is 45.4 Å². The molecule has 2 fully saturated rings. The maximum atomic E-state index is 12.6. The lowest BCUT2D eigenvalue weighted by molar-refractivity contribution is -0.141. The number of piperidine rings is 1. The summed E-state index contributed by atoms with van der Waals surface area (Å²) in [6, 6.07) is 0.530. The Labute approximate surface area is 110 Å². The summed E-state index contributed by atoms with van der Waals surface area (Å²) < 4.78 is 0. The molecule has 0 radical (unpaired) electrons. The minimum absolute atomic E-state index is 0.0755. The van der Waals surface area contributed by atoms with Crippen LogP contribution in [0.3, 0.4) is 0 Å². The van der Waals surface area contributed by atoms with Gasteiger partial charge in [0.2, 0.25) is 5.91 Å². The summed E-state index contributed by atoms with van der Waals surface area (Å²) in [5.74, 6) is 0.459. The van der Waals surface area contributed by atoms with Gasteiger partial charge in [0.25, 0.3) is 0 Å². The van der Waals surface area contributed by atoms with Crippen molar-refractivity contribution in [1.82, 2.24) is 4.90 Å². The second kappa shape index (κ2) is 6.02. The van der Waals surface area contributed by atoms with E-state index in [0.717, 1.165) is 45.1 Å². The first-order valence-corrected chi connectivity index (χ1v) is 7.41. The predicted molar refractivity (Wildman–Crippen MR) is 72.9 cm³/mol. The van der Waals surface area contributed by atoms with Gasteiger partial charge in [-0.1, -0.05) is 6.42 Å². The number of carbonyl (C=O) groups excluding carboxylic acids is 1. The molecule has 104 valence electrons. The minimum Gasteiger partial charge on any atom is -0.338 e. The Morgan fingerprint density at radius 1 is 1.22 bits per heavy atom. The predicted octanol–water partition coefficient (Wildman–Crippen LogP) is 1.23. The van der Waals surface area contributed by atoms with Gasteiger partial charge in [0.05, 0.1) is 0 Å². The molecule has 1 heterocycles. The van der Waals surface area contributed by atoms with Crippen LogP contribution >= 0.6 is 0 Å². The lowest BCUT2D eigenvalue weighted by Gasteiger charge is -2.41. The summed E-state index contributed by atoms with van der Waals surface area (Å²) in [6.07, 6.45) is 7.40. The van der Waals surface area contributed by atoms with Crippen LogP contribution in [0.1, 0.15) is 51.9 Å². The van der Waals surface area contributed by atoms with Crippen LogP contribution in [0.15, 0.2) is 0 Å². The zero-order valence-electron chi connectivity index (χ0n) is 11.5. The van der Waals surface area contributed by atoms with Gasteiger partial charge in [-0.15, -0.1) is 0 Å². The van der Waals surface area contributed by atoms with Crippen molar-refractivity contribution in [1.29, 1.82) is 0 Å². The van der Waals surface area contributed by atoms with Crippen LogP contribution in [-0.2, 0) is 4.79 Å². The Bertz CT molecular complexity index is 293. The van der Waals surface area contributed by atoms with E-state index in [1.807, 2.05) is 6.92 Å². The third kappa shape index (κ3) is 3.04. The molecule has 4 nitrogen and oxygen atoms in total. The van der Waals surface area contributed by atoms with Crippen molar-refractivity contribution in [3.8, 4) is 0 Å². The highest BCUT2D eigenvalue weighted by Crippen LogP contribution is 2.28. The molecule has 0 unspecified atom stereocenters. The van der Waals surface area contributed by atoms with Gasteiger partial charge in [-0.3, -0.25) is 4.79 Å². The van der Waals surface area contributed by atoms with Crippen LogP contribution in [0.25, 0.3) is 0 Å². The molecule has 2 rings (SSSR count). The maximum absolute atomic E-state index is 12.6. The number of nitrogens with two attached hydrogens (primary N) is 2. The highest BCUT2D eigenvalue weighted by Gasteiger charge is 2.34. The normalized spacial score (nSPS) is 35.3. The molecule has 1 aliphatic heterocycles. The monoisotopic (exact) mass is 253 g/mol. The molecule has 1 aliphatic carbocycles. The zero-order chi connectivity index (χ0) is 13.1. The molecule has 4 atom stereocenters.